The maximum absolute atomic E-state index is 12.4. The number of Topliss-reactive ketones (excluding diaryl/α,β-unsaturated/α-hetero) is 2. The fourth-order valence-electron chi connectivity index (χ4n) is 3.82. The van der Waals surface area contributed by atoms with Gasteiger partial charge in [0.1, 0.15) is 11.9 Å². The fraction of sp³-hybridized carbons (Fsp3) is 0.700. The molecule has 0 radical (unpaired) electrons. The lowest BCUT2D eigenvalue weighted by molar-refractivity contribution is -0.126. The standard InChI is InChI=1S/C20H30O3/c1-12-6-8-15-16(20(15,4)5)10-14(3)19(23)18(22)11-13(2)17(21)9-7-12/h7,10,13,15-16,18,22H,6,8-9,11H2,1-5H3/b12-7-,14-10-. The molecular formula is C20H30O3. The van der Waals surface area contributed by atoms with Gasteiger partial charge in [-0.25, -0.2) is 0 Å². The molecule has 1 N–H and O–H groups in total. The molecule has 23 heavy (non-hydrogen) atoms. The van der Waals surface area contributed by atoms with Crippen molar-refractivity contribution in [3.8, 4) is 0 Å². The maximum atomic E-state index is 12.4. The zero-order chi connectivity index (χ0) is 17.4. The molecule has 0 saturated heterocycles. The van der Waals surface area contributed by atoms with Crippen molar-refractivity contribution in [1.82, 2.24) is 0 Å². The van der Waals surface area contributed by atoms with E-state index in [1.807, 2.05) is 12.2 Å². The van der Waals surface area contributed by atoms with Gasteiger partial charge in [-0.3, -0.25) is 9.59 Å². The molecule has 3 nitrogen and oxygen atoms in total. The molecule has 0 bridgehead atoms. The lowest BCUT2D eigenvalue weighted by Gasteiger charge is -2.15. The number of fused-ring (bicyclic) bond motifs is 1. The summed E-state index contributed by atoms with van der Waals surface area (Å²) in [5.41, 5.74) is 2.12. The van der Waals surface area contributed by atoms with Gasteiger partial charge < -0.3 is 5.11 Å². The number of carbonyl (C=O) groups is 2. The summed E-state index contributed by atoms with van der Waals surface area (Å²) in [6, 6.07) is 0. The van der Waals surface area contributed by atoms with Crippen LogP contribution in [0.1, 0.15) is 60.3 Å². The number of allylic oxidation sites excluding steroid dienone is 3. The third-order valence-electron chi connectivity index (χ3n) is 5.89. The maximum Gasteiger partial charge on any atom is 0.186 e. The van der Waals surface area contributed by atoms with Crippen LogP contribution in [0.2, 0.25) is 0 Å². The highest BCUT2D eigenvalue weighted by molar-refractivity contribution is 5.98. The van der Waals surface area contributed by atoms with Crippen LogP contribution in [-0.2, 0) is 9.59 Å². The second kappa shape index (κ2) is 6.72. The first-order chi connectivity index (χ1) is 10.6. The van der Waals surface area contributed by atoms with Crippen molar-refractivity contribution in [2.75, 3.05) is 0 Å². The highest BCUT2D eigenvalue weighted by atomic mass is 16.3. The normalized spacial score (nSPS) is 40.3. The van der Waals surface area contributed by atoms with E-state index in [0.29, 0.717) is 23.8 Å². The summed E-state index contributed by atoms with van der Waals surface area (Å²) < 4.78 is 0. The van der Waals surface area contributed by atoms with Crippen LogP contribution in [0, 0.1) is 23.2 Å². The lowest BCUT2D eigenvalue weighted by atomic mass is 9.92. The molecule has 128 valence electrons. The molecule has 0 spiro atoms. The van der Waals surface area contributed by atoms with Crippen LogP contribution >= 0.6 is 0 Å². The van der Waals surface area contributed by atoms with E-state index in [1.165, 1.54) is 5.57 Å². The van der Waals surface area contributed by atoms with Gasteiger partial charge in [0.05, 0.1) is 0 Å². The first-order valence-electron chi connectivity index (χ1n) is 8.73. The number of carbonyl (C=O) groups excluding carboxylic acids is 2. The summed E-state index contributed by atoms with van der Waals surface area (Å²) >= 11 is 0. The van der Waals surface area contributed by atoms with Crippen LogP contribution in [0.25, 0.3) is 0 Å². The van der Waals surface area contributed by atoms with Gasteiger partial charge in [0.15, 0.2) is 5.78 Å². The smallest absolute Gasteiger partial charge is 0.186 e. The summed E-state index contributed by atoms with van der Waals surface area (Å²) in [7, 11) is 0. The van der Waals surface area contributed by atoms with Crippen LogP contribution in [-0.4, -0.2) is 22.8 Å². The Kier molecular flexibility index (Phi) is 5.30. The monoisotopic (exact) mass is 318 g/mol. The molecule has 1 fully saturated rings. The number of ketones is 2. The molecule has 0 aliphatic heterocycles. The Morgan fingerprint density at radius 3 is 2.52 bits per heavy atom. The van der Waals surface area contributed by atoms with Crippen LogP contribution in [0.4, 0.5) is 0 Å². The summed E-state index contributed by atoms with van der Waals surface area (Å²) in [4.78, 5) is 24.5. The van der Waals surface area contributed by atoms with Crippen molar-refractivity contribution >= 4 is 11.6 Å². The molecule has 0 aromatic carbocycles. The van der Waals surface area contributed by atoms with E-state index >= 15 is 0 Å². The largest absolute Gasteiger partial charge is 0.385 e. The highest BCUT2D eigenvalue weighted by Gasteiger charge is 2.55. The van der Waals surface area contributed by atoms with E-state index in [-0.39, 0.29) is 29.3 Å². The van der Waals surface area contributed by atoms with Crippen LogP contribution < -0.4 is 0 Å². The molecule has 2 aliphatic rings. The number of hydrogen-bond donors (Lipinski definition) is 1. The van der Waals surface area contributed by atoms with E-state index in [1.54, 1.807) is 13.8 Å². The van der Waals surface area contributed by atoms with E-state index < -0.39 is 6.10 Å². The SMILES string of the molecule is C/C1=C/CC(=O)C(C)CC(O)C(=O)/C(C)=C\C2C(CC1)C2(C)C. The van der Waals surface area contributed by atoms with Crippen LogP contribution in [0.5, 0.6) is 0 Å². The zero-order valence-corrected chi connectivity index (χ0v) is 15.1. The van der Waals surface area contributed by atoms with Gasteiger partial charge in [0.25, 0.3) is 0 Å². The number of aliphatic hydroxyl groups excluding tert-OH is 1. The molecule has 2 rings (SSSR count). The van der Waals surface area contributed by atoms with E-state index in [0.717, 1.165) is 12.8 Å². The second-order valence-corrected chi connectivity index (χ2v) is 8.08. The molecule has 2 aliphatic carbocycles. The second-order valence-electron chi connectivity index (χ2n) is 8.08. The molecule has 0 heterocycles. The Morgan fingerprint density at radius 1 is 1.22 bits per heavy atom. The Bertz CT molecular complexity index is 553. The van der Waals surface area contributed by atoms with Crippen molar-refractivity contribution in [2.24, 2.45) is 23.2 Å². The molecule has 0 aromatic rings. The molecule has 0 aromatic heterocycles. The summed E-state index contributed by atoms with van der Waals surface area (Å²) in [6.45, 7) is 10.2. The molecular weight excluding hydrogens is 288 g/mol. The molecule has 4 atom stereocenters. The molecule has 1 saturated carbocycles. The van der Waals surface area contributed by atoms with E-state index in [2.05, 4.69) is 20.8 Å². The summed E-state index contributed by atoms with van der Waals surface area (Å²) in [6.07, 6.45) is 5.71. The van der Waals surface area contributed by atoms with Gasteiger partial charge in [-0.05, 0) is 55.9 Å². The van der Waals surface area contributed by atoms with Crippen molar-refractivity contribution in [1.29, 1.82) is 0 Å². The van der Waals surface area contributed by atoms with Crippen molar-refractivity contribution < 1.29 is 14.7 Å². The predicted octanol–water partition coefficient (Wildman–Crippen LogP) is 3.86. The third-order valence-corrected chi connectivity index (χ3v) is 5.89. The molecule has 0 amide bonds. The highest BCUT2D eigenvalue weighted by Crippen LogP contribution is 2.61. The minimum Gasteiger partial charge on any atom is -0.385 e. The van der Waals surface area contributed by atoms with Crippen LogP contribution in [0.3, 0.4) is 0 Å². The average Bonchev–Trinajstić information content (AvgIpc) is 3.00. The minimum absolute atomic E-state index is 0.0968. The zero-order valence-electron chi connectivity index (χ0n) is 15.1. The van der Waals surface area contributed by atoms with Gasteiger partial charge in [-0.15, -0.1) is 0 Å². The quantitative estimate of drug-likeness (QED) is 0.690. The van der Waals surface area contributed by atoms with Gasteiger partial charge in [0.2, 0.25) is 0 Å². The minimum atomic E-state index is -1.07. The summed E-state index contributed by atoms with van der Waals surface area (Å²) in [5.74, 6) is 0.560. The van der Waals surface area contributed by atoms with Gasteiger partial charge in [-0.1, -0.05) is 38.5 Å². The van der Waals surface area contributed by atoms with Gasteiger partial charge in [-0.2, -0.15) is 0 Å². The van der Waals surface area contributed by atoms with E-state index in [4.69, 9.17) is 0 Å². The van der Waals surface area contributed by atoms with Crippen LogP contribution in [0.15, 0.2) is 23.3 Å². The topological polar surface area (TPSA) is 54.4 Å². The van der Waals surface area contributed by atoms with E-state index in [9.17, 15) is 14.7 Å². The Labute approximate surface area is 139 Å². The van der Waals surface area contributed by atoms with Crippen molar-refractivity contribution in [3.05, 3.63) is 23.3 Å². The number of hydrogen-bond acceptors (Lipinski definition) is 3. The average molecular weight is 318 g/mol. The van der Waals surface area contributed by atoms with Gasteiger partial charge in [0, 0.05) is 12.3 Å². The summed E-state index contributed by atoms with van der Waals surface area (Å²) in [5, 5.41) is 10.2. The Morgan fingerprint density at radius 2 is 1.87 bits per heavy atom. The number of aliphatic hydroxyl groups is 1. The van der Waals surface area contributed by atoms with Gasteiger partial charge >= 0.3 is 0 Å². The lowest BCUT2D eigenvalue weighted by Crippen LogP contribution is -2.26. The Hall–Kier alpha value is -1.22. The first kappa shape index (κ1) is 18.1. The first-order valence-corrected chi connectivity index (χ1v) is 8.73. The van der Waals surface area contributed by atoms with Crippen molar-refractivity contribution in [2.45, 2.75) is 66.4 Å². The Balaban J connectivity index is 2.24. The molecule has 3 heteroatoms. The van der Waals surface area contributed by atoms with Crippen molar-refractivity contribution in [3.63, 3.8) is 0 Å². The fourth-order valence-corrected chi connectivity index (χ4v) is 3.82. The molecule has 4 unspecified atom stereocenters. The number of rotatable bonds is 0. The third kappa shape index (κ3) is 4.00. The predicted molar refractivity (Wildman–Crippen MR) is 91.9 cm³/mol.